The highest BCUT2D eigenvalue weighted by Crippen LogP contribution is 2.44. The molecule has 0 aliphatic heterocycles. The van der Waals surface area contributed by atoms with Crippen molar-refractivity contribution in [3.63, 3.8) is 0 Å². The van der Waals surface area contributed by atoms with E-state index in [9.17, 15) is 4.79 Å². The van der Waals surface area contributed by atoms with Gasteiger partial charge >= 0.3 is 0 Å². The van der Waals surface area contributed by atoms with Gasteiger partial charge in [-0.05, 0) is 17.9 Å². The summed E-state index contributed by atoms with van der Waals surface area (Å²) in [6, 6.07) is 1.88. The second kappa shape index (κ2) is 4.79. The molecule has 1 unspecified atom stereocenters. The van der Waals surface area contributed by atoms with E-state index in [2.05, 4.69) is 36.0 Å². The van der Waals surface area contributed by atoms with Crippen molar-refractivity contribution in [3.8, 4) is 11.8 Å². The molecule has 1 aliphatic carbocycles. The highest BCUT2D eigenvalue weighted by Gasteiger charge is 2.46. The number of aliphatic hydroxyl groups is 1. The molecule has 18 heavy (non-hydrogen) atoms. The lowest BCUT2D eigenvalue weighted by Gasteiger charge is -2.08. The Morgan fingerprint density at radius 1 is 1.67 bits per heavy atom. The van der Waals surface area contributed by atoms with E-state index in [4.69, 9.17) is 5.11 Å². The summed E-state index contributed by atoms with van der Waals surface area (Å²) in [7, 11) is 0. The molecule has 1 amide bonds. The van der Waals surface area contributed by atoms with E-state index in [0.717, 1.165) is 6.42 Å². The van der Waals surface area contributed by atoms with E-state index in [1.807, 2.05) is 0 Å². The number of nitrogens with zero attached hydrogens (tertiary/aromatic N) is 1. The summed E-state index contributed by atoms with van der Waals surface area (Å²) in [5.74, 6) is 5.14. The van der Waals surface area contributed by atoms with Crippen molar-refractivity contribution >= 4 is 5.91 Å². The van der Waals surface area contributed by atoms with E-state index in [1.54, 1.807) is 12.3 Å². The van der Waals surface area contributed by atoms with Gasteiger partial charge in [0.15, 0.2) is 0 Å². The molecule has 2 N–H and O–H groups in total. The molecule has 1 fully saturated rings. The zero-order valence-electron chi connectivity index (χ0n) is 10.5. The van der Waals surface area contributed by atoms with Crippen LogP contribution < -0.4 is 5.32 Å². The Morgan fingerprint density at radius 2 is 2.39 bits per heavy atom. The van der Waals surface area contributed by atoms with Crippen LogP contribution in [0.15, 0.2) is 18.5 Å². The fraction of sp³-hybridized carbons (Fsp3) is 0.429. The molecule has 2 rings (SSSR count). The molecule has 0 bridgehead atoms. The van der Waals surface area contributed by atoms with Crippen molar-refractivity contribution in [2.75, 3.05) is 6.61 Å². The van der Waals surface area contributed by atoms with Crippen LogP contribution in [-0.2, 0) is 0 Å². The van der Waals surface area contributed by atoms with Gasteiger partial charge in [0.25, 0.3) is 5.91 Å². The molecule has 1 aliphatic rings. The van der Waals surface area contributed by atoms with Crippen LogP contribution in [0.25, 0.3) is 0 Å². The molecule has 1 aromatic heterocycles. The van der Waals surface area contributed by atoms with Crippen molar-refractivity contribution in [1.82, 2.24) is 10.3 Å². The minimum Gasteiger partial charge on any atom is -0.384 e. The number of nitrogens with one attached hydrogen (secondary N) is 1. The number of pyridine rings is 1. The molecule has 94 valence electrons. The Morgan fingerprint density at radius 3 is 3.00 bits per heavy atom. The lowest BCUT2D eigenvalue weighted by molar-refractivity contribution is 0.0946. The van der Waals surface area contributed by atoms with Crippen molar-refractivity contribution in [1.29, 1.82) is 0 Å². The summed E-state index contributed by atoms with van der Waals surface area (Å²) >= 11 is 0. The predicted octanol–water partition coefficient (Wildman–Crippen LogP) is 0.954. The first kappa shape index (κ1) is 12.6. The average Bonchev–Trinajstić information content (AvgIpc) is 2.94. The Kier molecular flexibility index (Phi) is 3.35. The molecule has 1 saturated carbocycles. The largest absolute Gasteiger partial charge is 0.384 e. The van der Waals surface area contributed by atoms with E-state index in [1.165, 1.54) is 6.20 Å². The molecular formula is C14H16N2O2. The number of hydrogen-bond acceptors (Lipinski definition) is 3. The van der Waals surface area contributed by atoms with Crippen molar-refractivity contribution < 1.29 is 9.90 Å². The maximum Gasteiger partial charge on any atom is 0.252 e. The Bertz CT molecular complexity index is 526. The topological polar surface area (TPSA) is 62.2 Å². The summed E-state index contributed by atoms with van der Waals surface area (Å²) in [5.41, 5.74) is 1.25. The Balaban J connectivity index is 2.15. The molecule has 1 atom stereocenters. The summed E-state index contributed by atoms with van der Waals surface area (Å²) in [6.45, 7) is 4.01. The van der Waals surface area contributed by atoms with Crippen LogP contribution in [0.4, 0.5) is 0 Å². The second-order valence-corrected chi connectivity index (χ2v) is 5.10. The lowest BCUT2D eigenvalue weighted by atomic mass is 10.1. The monoisotopic (exact) mass is 244 g/mol. The first-order chi connectivity index (χ1) is 8.54. The molecule has 4 heteroatoms. The van der Waals surface area contributed by atoms with Gasteiger partial charge in [0.05, 0.1) is 11.1 Å². The van der Waals surface area contributed by atoms with E-state index in [0.29, 0.717) is 11.1 Å². The molecule has 0 saturated heterocycles. The van der Waals surface area contributed by atoms with Crippen molar-refractivity contribution in [3.05, 3.63) is 29.6 Å². The van der Waals surface area contributed by atoms with E-state index >= 15 is 0 Å². The van der Waals surface area contributed by atoms with Gasteiger partial charge in [-0.2, -0.15) is 0 Å². The summed E-state index contributed by atoms with van der Waals surface area (Å²) in [6.07, 6.45) is 4.11. The highest BCUT2D eigenvalue weighted by atomic mass is 16.2. The van der Waals surface area contributed by atoms with Gasteiger partial charge in [-0.15, -0.1) is 0 Å². The van der Waals surface area contributed by atoms with Crippen LogP contribution in [0.2, 0.25) is 0 Å². The third-order valence-corrected chi connectivity index (χ3v) is 3.19. The summed E-state index contributed by atoms with van der Waals surface area (Å²) in [4.78, 5) is 16.0. The molecule has 1 heterocycles. The fourth-order valence-corrected chi connectivity index (χ4v) is 1.78. The van der Waals surface area contributed by atoms with Crippen LogP contribution in [-0.4, -0.2) is 28.6 Å². The summed E-state index contributed by atoms with van der Waals surface area (Å²) in [5, 5.41) is 11.7. The molecule has 0 radical (unpaired) electrons. The quantitative estimate of drug-likeness (QED) is 0.761. The lowest BCUT2D eigenvalue weighted by Crippen LogP contribution is -2.29. The van der Waals surface area contributed by atoms with E-state index in [-0.39, 0.29) is 24.0 Å². The number of hydrogen-bond donors (Lipinski definition) is 2. The Labute approximate surface area is 106 Å². The van der Waals surface area contributed by atoms with Crippen LogP contribution in [0, 0.1) is 17.3 Å². The van der Waals surface area contributed by atoms with E-state index < -0.39 is 0 Å². The number of carbonyl (C=O) groups is 1. The Hall–Kier alpha value is -1.86. The van der Waals surface area contributed by atoms with Gasteiger partial charge in [-0.1, -0.05) is 25.7 Å². The van der Waals surface area contributed by atoms with Crippen LogP contribution in [0.3, 0.4) is 0 Å². The highest BCUT2D eigenvalue weighted by molar-refractivity contribution is 5.97. The number of aliphatic hydroxyl groups excluding tert-OH is 1. The van der Waals surface area contributed by atoms with Gasteiger partial charge in [0, 0.05) is 18.4 Å². The van der Waals surface area contributed by atoms with Crippen LogP contribution >= 0.6 is 0 Å². The minimum atomic E-state index is -0.231. The summed E-state index contributed by atoms with van der Waals surface area (Å²) < 4.78 is 0. The number of aromatic nitrogens is 1. The molecule has 4 nitrogen and oxygen atoms in total. The normalized spacial score (nSPS) is 19.6. The standard InChI is InChI=1S/C14H16N2O2/c1-14(2)8-12(14)16-13(18)11-5-6-15-9-10(11)4-3-7-17/h5-6,9,12,17H,7-8H2,1-2H3,(H,16,18). The molecule has 1 aromatic rings. The fourth-order valence-electron chi connectivity index (χ4n) is 1.78. The predicted molar refractivity (Wildman–Crippen MR) is 67.9 cm³/mol. The first-order valence-corrected chi connectivity index (χ1v) is 5.89. The number of carbonyl (C=O) groups excluding carboxylic acids is 1. The zero-order valence-corrected chi connectivity index (χ0v) is 10.5. The molecule has 0 aromatic carbocycles. The van der Waals surface area contributed by atoms with Crippen LogP contribution in [0.1, 0.15) is 36.2 Å². The van der Waals surface area contributed by atoms with Crippen LogP contribution in [0.5, 0.6) is 0 Å². The maximum absolute atomic E-state index is 12.1. The van der Waals surface area contributed by atoms with Gasteiger partial charge in [0.1, 0.15) is 6.61 Å². The average molecular weight is 244 g/mol. The third kappa shape index (κ3) is 2.69. The third-order valence-electron chi connectivity index (χ3n) is 3.19. The number of rotatable bonds is 2. The molecular weight excluding hydrogens is 228 g/mol. The van der Waals surface area contributed by atoms with Gasteiger partial charge < -0.3 is 10.4 Å². The smallest absolute Gasteiger partial charge is 0.252 e. The zero-order chi connectivity index (χ0) is 13.2. The number of amides is 1. The van der Waals surface area contributed by atoms with Gasteiger partial charge in [0.2, 0.25) is 0 Å². The second-order valence-electron chi connectivity index (χ2n) is 5.10. The molecule has 0 spiro atoms. The van der Waals surface area contributed by atoms with Gasteiger partial charge in [-0.25, -0.2) is 0 Å². The maximum atomic E-state index is 12.1. The van der Waals surface area contributed by atoms with Gasteiger partial charge in [-0.3, -0.25) is 9.78 Å². The SMILES string of the molecule is CC1(C)CC1NC(=O)c1ccncc1C#CCO. The van der Waals surface area contributed by atoms with Crippen molar-refractivity contribution in [2.24, 2.45) is 5.41 Å². The van der Waals surface area contributed by atoms with Crippen molar-refractivity contribution in [2.45, 2.75) is 26.3 Å². The minimum absolute atomic E-state index is 0.129. The first-order valence-electron chi connectivity index (χ1n) is 5.89.